The molecule has 0 spiro atoms. The number of carbonyl (C=O) groups is 2. The molecule has 2 fully saturated rings. The van der Waals surface area contributed by atoms with Gasteiger partial charge in [0, 0.05) is 6.04 Å². The van der Waals surface area contributed by atoms with Crippen LogP contribution in [-0.2, 0) is 16.0 Å². The Morgan fingerprint density at radius 2 is 1.82 bits per heavy atom. The molecule has 4 rings (SSSR count). The van der Waals surface area contributed by atoms with Crippen molar-refractivity contribution in [1.29, 1.82) is 0 Å². The van der Waals surface area contributed by atoms with E-state index in [0.717, 1.165) is 48.5 Å². The molecule has 2 aliphatic rings. The van der Waals surface area contributed by atoms with Crippen LogP contribution < -0.4 is 4.74 Å². The van der Waals surface area contributed by atoms with E-state index in [-0.39, 0.29) is 18.6 Å². The molecule has 0 unspecified atom stereocenters. The van der Waals surface area contributed by atoms with Crippen LogP contribution in [0.25, 0.3) is 6.08 Å². The summed E-state index contributed by atoms with van der Waals surface area (Å²) in [7, 11) is 0. The van der Waals surface area contributed by atoms with Crippen molar-refractivity contribution < 1.29 is 19.4 Å². The first-order chi connectivity index (χ1) is 16.0. The zero-order chi connectivity index (χ0) is 23.2. The number of carboxylic acids is 1. The van der Waals surface area contributed by atoms with E-state index in [0.29, 0.717) is 10.7 Å². The zero-order valence-electron chi connectivity index (χ0n) is 18.7. The molecule has 0 aromatic heterocycles. The van der Waals surface area contributed by atoms with Crippen molar-refractivity contribution in [3.05, 3.63) is 64.6 Å². The summed E-state index contributed by atoms with van der Waals surface area (Å²) in [6, 6.07) is 15.4. The largest absolute Gasteiger partial charge is 0.482 e. The number of amidine groups is 1. The first-order valence-electron chi connectivity index (χ1n) is 11.4. The average molecular weight is 465 g/mol. The number of ether oxygens (including phenoxy) is 1. The SMILES string of the molecule is CCc1ccc(N=C2S/C(=C/c3ccc(OCC(=O)O)cc3)C(=O)N2C2CCCCC2)cc1. The van der Waals surface area contributed by atoms with Crippen molar-refractivity contribution in [2.24, 2.45) is 4.99 Å². The molecule has 0 bridgehead atoms. The minimum atomic E-state index is -1.02. The summed E-state index contributed by atoms with van der Waals surface area (Å²) in [5.74, 6) is -0.540. The van der Waals surface area contributed by atoms with Crippen LogP contribution in [0.1, 0.15) is 50.2 Å². The number of thioether (sulfide) groups is 1. The molecule has 0 radical (unpaired) electrons. The normalized spacial score (nSPS) is 19.4. The number of nitrogens with zero attached hydrogens (tertiary/aromatic N) is 2. The van der Waals surface area contributed by atoms with Crippen LogP contribution in [0.15, 0.2) is 58.4 Å². The van der Waals surface area contributed by atoms with Crippen LogP contribution in [-0.4, -0.2) is 39.7 Å². The topological polar surface area (TPSA) is 79.2 Å². The predicted molar refractivity (Wildman–Crippen MR) is 132 cm³/mol. The van der Waals surface area contributed by atoms with Gasteiger partial charge < -0.3 is 9.84 Å². The highest BCUT2D eigenvalue weighted by Crippen LogP contribution is 2.38. The number of rotatable bonds is 7. The Kier molecular flexibility index (Phi) is 7.50. The van der Waals surface area contributed by atoms with Crippen LogP contribution in [0.5, 0.6) is 5.75 Å². The maximum absolute atomic E-state index is 13.4. The first kappa shape index (κ1) is 23.1. The van der Waals surface area contributed by atoms with Gasteiger partial charge >= 0.3 is 5.97 Å². The van der Waals surface area contributed by atoms with Gasteiger partial charge in [-0.2, -0.15) is 0 Å². The van der Waals surface area contributed by atoms with Crippen LogP contribution in [0.2, 0.25) is 0 Å². The molecule has 172 valence electrons. The summed E-state index contributed by atoms with van der Waals surface area (Å²) in [4.78, 5) is 31.5. The van der Waals surface area contributed by atoms with Crippen LogP contribution in [0.4, 0.5) is 5.69 Å². The highest BCUT2D eigenvalue weighted by atomic mass is 32.2. The van der Waals surface area contributed by atoms with E-state index in [2.05, 4.69) is 19.1 Å². The molecular formula is C26H28N2O4S. The monoisotopic (exact) mass is 464 g/mol. The maximum Gasteiger partial charge on any atom is 0.341 e. The van der Waals surface area contributed by atoms with Crippen molar-refractivity contribution >= 4 is 40.6 Å². The number of amides is 1. The minimum Gasteiger partial charge on any atom is -0.482 e. The molecule has 1 saturated carbocycles. The Morgan fingerprint density at radius 3 is 2.45 bits per heavy atom. The summed E-state index contributed by atoms with van der Waals surface area (Å²) in [5.41, 5.74) is 2.96. The molecule has 1 N–H and O–H groups in total. The smallest absolute Gasteiger partial charge is 0.341 e. The van der Waals surface area contributed by atoms with Gasteiger partial charge in [-0.15, -0.1) is 0 Å². The van der Waals surface area contributed by atoms with Gasteiger partial charge in [-0.1, -0.05) is 50.5 Å². The standard InChI is InChI=1S/C26H28N2O4S/c1-2-18-8-12-20(13-9-18)27-26-28(21-6-4-3-5-7-21)25(31)23(33-26)16-19-10-14-22(15-11-19)32-17-24(29)30/h8-16,21H,2-7,17H2,1H3,(H,29,30)/b23-16+,27-26?. The van der Waals surface area contributed by atoms with E-state index in [9.17, 15) is 9.59 Å². The van der Waals surface area contributed by atoms with Gasteiger partial charge in [-0.05, 0) is 72.5 Å². The Morgan fingerprint density at radius 1 is 1.12 bits per heavy atom. The number of carbonyl (C=O) groups excluding carboxylic acids is 1. The molecule has 1 aliphatic carbocycles. The number of carboxylic acid groups (broad SMARTS) is 1. The second-order valence-corrected chi connectivity index (χ2v) is 9.25. The zero-order valence-corrected chi connectivity index (χ0v) is 19.5. The summed E-state index contributed by atoms with van der Waals surface area (Å²) >= 11 is 1.42. The number of hydrogen-bond acceptors (Lipinski definition) is 5. The fraction of sp³-hybridized carbons (Fsp3) is 0.346. The molecule has 7 heteroatoms. The Bertz CT molecular complexity index is 1050. The summed E-state index contributed by atoms with van der Waals surface area (Å²) in [6.07, 6.45) is 8.34. The lowest BCUT2D eigenvalue weighted by atomic mass is 9.94. The fourth-order valence-corrected chi connectivity index (χ4v) is 5.16. The van der Waals surface area contributed by atoms with Crippen molar-refractivity contribution in [2.45, 2.75) is 51.5 Å². The van der Waals surface area contributed by atoms with Gasteiger partial charge in [0.25, 0.3) is 5.91 Å². The Balaban J connectivity index is 1.59. The molecule has 2 aromatic rings. The van der Waals surface area contributed by atoms with Gasteiger partial charge in [-0.25, -0.2) is 9.79 Å². The van der Waals surface area contributed by atoms with Gasteiger partial charge in [0.05, 0.1) is 10.6 Å². The maximum atomic E-state index is 13.4. The molecule has 6 nitrogen and oxygen atoms in total. The fourth-order valence-electron chi connectivity index (χ4n) is 4.10. The van der Waals surface area contributed by atoms with E-state index in [1.807, 2.05) is 35.2 Å². The molecule has 33 heavy (non-hydrogen) atoms. The summed E-state index contributed by atoms with van der Waals surface area (Å²) in [5, 5.41) is 9.49. The molecule has 0 atom stereocenters. The van der Waals surface area contributed by atoms with Crippen LogP contribution >= 0.6 is 11.8 Å². The quantitative estimate of drug-likeness (QED) is 0.536. The second kappa shape index (κ2) is 10.7. The van der Waals surface area contributed by atoms with Gasteiger partial charge in [0.1, 0.15) is 5.75 Å². The van der Waals surface area contributed by atoms with E-state index in [1.54, 1.807) is 12.1 Å². The van der Waals surface area contributed by atoms with Crippen LogP contribution in [0, 0.1) is 0 Å². The first-order valence-corrected chi connectivity index (χ1v) is 12.2. The highest BCUT2D eigenvalue weighted by Gasteiger charge is 2.38. The van der Waals surface area contributed by atoms with E-state index >= 15 is 0 Å². The van der Waals surface area contributed by atoms with Gasteiger partial charge in [-0.3, -0.25) is 9.69 Å². The van der Waals surface area contributed by atoms with E-state index < -0.39 is 5.97 Å². The number of aryl methyl sites for hydroxylation is 1. The number of hydrogen-bond donors (Lipinski definition) is 1. The lowest BCUT2D eigenvalue weighted by molar-refractivity contribution is -0.139. The van der Waals surface area contributed by atoms with E-state index in [1.165, 1.54) is 23.7 Å². The average Bonchev–Trinajstić information content (AvgIpc) is 3.14. The Hall–Kier alpha value is -3.06. The molecule has 1 heterocycles. The molecule has 2 aromatic carbocycles. The molecule has 1 amide bonds. The van der Waals surface area contributed by atoms with Gasteiger partial charge in [0.15, 0.2) is 11.8 Å². The molecular weight excluding hydrogens is 436 g/mol. The number of aliphatic imine (C=N–C) groups is 1. The highest BCUT2D eigenvalue weighted by molar-refractivity contribution is 8.18. The van der Waals surface area contributed by atoms with E-state index in [4.69, 9.17) is 14.8 Å². The third-order valence-electron chi connectivity index (χ3n) is 5.89. The molecule has 1 aliphatic heterocycles. The summed E-state index contributed by atoms with van der Waals surface area (Å²) in [6.45, 7) is 1.74. The Labute approximate surface area is 198 Å². The third kappa shape index (κ3) is 5.85. The minimum absolute atomic E-state index is 0.00188. The van der Waals surface area contributed by atoms with Crippen molar-refractivity contribution in [3.63, 3.8) is 0 Å². The molecule has 1 saturated heterocycles. The van der Waals surface area contributed by atoms with Crippen LogP contribution in [0.3, 0.4) is 0 Å². The van der Waals surface area contributed by atoms with Crippen molar-refractivity contribution in [3.8, 4) is 5.75 Å². The third-order valence-corrected chi connectivity index (χ3v) is 6.87. The predicted octanol–water partition coefficient (Wildman–Crippen LogP) is 5.65. The lowest BCUT2D eigenvalue weighted by Crippen LogP contribution is -2.40. The van der Waals surface area contributed by atoms with Crippen molar-refractivity contribution in [2.75, 3.05) is 6.61 Å². The lowest BCUT2D eigenvalue weighted by Gasteiger charge is -2.30. The number of benzene rings is 2. The second-order valence-electron chi connectivity index (χ2n) is 8.24. The summed E-state index contributed by atoms with van der Waals surface area (Å²) < 4.78 is 5.19. The number of aliphatic carboxylic acids is 1. The van der Waals surface area contributed by atoms with Gasteiger partial charge in [0.2, 0.25) is 0 Å². The van der Waals surface area contributed by atoms with Crippen molar-refractivity contribution in [1.82, 2.24) is 4.90 Å².